The van der Waals surface area contributed by atoms with E-state index in [1.165, 1.54) is 0 Å². The number of imidazole rings is 1. The molecule has 3 rings (SSSR count). The summed E-state index contributed by atoms with van der Waals surface area (Å²) in [4.78, 5) is 17.1. The number of hydrogen-bond donors (Lipinski definition) is 0. The van der Waals surface area contributed by atoms with Gasteiger partial charge in [-0.05, 0) is 36.8 Å². The van der Waals surface area contributed by atoms with Crippen LogP contribution in [-0.2, 0) is 13.5 Å². The number of para-hydroxylation sites is 2. The highest BCUT2D eigenvalue weighted by molar-refractivity contribution is 9.10. The van der Waals surface area contributed by atoms with E-state index in [4.69, 9.17) is 0 Å². The molecule has 106 valence electrons. The number of aromatic nitrogens is 2. The summed E-state index contributed by atoms with van der Waals surface area (Å²) >= 11 is 3.42. The van der Waals surface area contributed by atoms with E-state index in [0.29, 0.717) is 6.42 Å². The van der Waals surface area contributed by atoms with Crippen LogP contribution in [0.5, 0.6) is 0 Å². The molecule has 0 aliphatic carbocycles. The van der Waals surface area contributed by atoms with Gasteiger partial charge in [-0.2, -0.15) is 0 Å². The van der Waals surface area contributed by atoms with E-state index in [9.17, 15) is 4.79 Å². The molecule has 0 fully saturated rings. The van der Waals surface area contributed by atoms with Crippen LogP contribution in [0.3, 0.4) is 0 Å². The quantitative estimate of drug-likeness (QED) is 0.672. The first-order valence-electron chi connectivity index (χ1n) is 6.76. The summed E-state index contributed by atoms with van der Waals surface area (Å²) < 4.78 is 2.97. The molecule has 0 amide bonds. The van der Waals surface area contributed by atoms with Gasteiger partial charge in [0.25, 0.3) is 0 Å². The highest BCUT2D eigenvalue weighted by Crippen LogP contribution is 2.19. The average molecular weight is 343 g/mol. The molecule has 2 aromatic carbocycles. The van der Waals surface area contributed by atoms with Crippen molar-refractivity contribution in [3.8, 4) is 0 Å². The topological polar surface area (TPSA) is 34.9 Å². The molecule has 3 aromatic rings. The maximum absolute atomic E-state index is 12.5. The van der Waals surface area contributed by atoms with Gasteiger partial charge in [0.2, 0.25) is 0 Å². The van der Waals surface area contributed by atoms with E-state index in [0.717, 1.165) is 32.5 Å². The SMILES string of the molecule is Cc1cc(Br)ccc1C(=O)Cc1nc2ccccc2n1C. The molecule has 0 saturated carbocycles. The third-order valence-electron chi connectivity index (χ3n) is 3.69. The van der Waals surface area contributed by atoms with Crippen molar-refractivity contribution in [3.05, 3.63) is 63.9 Å². The minimum atomic E-state index is 0.0957. The van der Waals surface area contributed by atoms with Crippen LogP contribution >= 0.6 is 15.9 Å². The lowest BCUT2D eigenvalue weighted by molar-refractivity contribution is 0.0989. The Morgan fingerprint density at radius 2 is 2.00 bits per heavy atom. The normalized spacial score (nSPS) is 11.0. The molecule has 0 aliphatic heterocycles. The lowest BCUT2D eigenvalue weighted by Gasteiger charge is -2.06. The van der Waals surface area contributed by atoms with Crippen molar-refractivity contribution in [2.45, 2.75) is 13.3 Å². The first-order valence-corrected chi connectivity index (χ1v) is 7.55. The minimum Gasteiger partial charge on any atom is -0.331 e. The van der Waals surface area contributed by atoms with E-state index in [1.807, 2.05) is 61.0 Å². The molecular weight excluding hydrogens is 328 g/mol. The molecule has 1 aromatic heterocycles. The maximum Gasteiger partial charge on any atom is 0.170 e. The second-order valence-electron chi connectivity index (χ2n) is 5.13. The second-order valence-corrected chi connectivity index (χ2v) is 6.05. The number of rotatable bonds is 3. The number of aryl methyl sites for hydroxylation is 2. The Kier molecular flexibility index (Phi) is 3.64. The van der Waals surface area contributed by atoms with E-state index in [-0.39, 0.29) is 5.78 Å². The molecular formula is C17H15BrN2O. The number of benzene rings is 2. The fourth-order valence-corrected chi connectivity index (χ4v) is 3.01. The van der Waals surface area contributed by atoms with E-state index < -0.39 is 0 Å². The van der Waals surface area contributed by atoms with Crippen molar-refractivity contribution < 1.29 is 4.79 Å². The van der Waals surface area contributed by atoms with Crippen molar-refractivity contribution in [2.24, 2.45) is 7.05 Å². The van der Waals surface area contributed by atoms with Crippen molar-refractivity contribution in [3.63, 3.8) is 0 Å². The summed E-state index contributed by atoms with van der Waals surface area (Å²) in [7, 11) is 1.95. The highest BCUT2D eigenvalue weighted by Gasteiger charge is 2.14. The van der Waals surface area contributed by atoms with Crippen molar-refractivity contribution >= 4 is 32.7 Å². The van der Waals surface area contributed by atoms with Crippen LogP contribution in [0.2, 0.25) is 0 Å². The second kappa shape index (κ2) is 5.45. The number of fused-ring (bicyclic) bond motifs is 1. The van der Waals surface area contributed by atoms with Crippen LogP contribution in [0.25, 0.3) is 11.0 Å². The first-order chi connectivity index (χ1) is 10.1. The Morgan fingerprint density at radius 1 is 1.24 bits per heavy atom. The molecule has 0 unspecified atom stereocenters. The summed E-state index contributed by atoms with van der Waals surface area (Å²) in [5.74, 6) is 0.891. The van der Waals surface area contributed by atoms with Gasteiger partial charge < -0.3 is 4.57 Å². The Bertz CT molecular complexity index is 836. The molecule has 4 heteroatoms. The van der Waals surface area contributed by atoms with Crippen LogP contribution in [0, 0.1) is 6.92 Å². The standard InChI is InChI=1S/C17H15BrN2O/c1-11-9-12(18)7-8-13(11)16(21)10-17-19-14-5-3-4-6-15(14)20(17)2/h3-9H,10H2,1-2H3. The van der Waals surface area contributed by atoms with Crippen LogP contribution in [0.4, 0.5) is 0 Å². The van der Waals surface area contributed by atoms with Gasteiger partial charge in [0.05, 0.1) is 17.5 Å². The number of carbonyl (C=O) groups is 1. The summed E-state index contributed by atoms with van der Waals surface area (Å²) in [5, 5.41) is 0. The number of hydrogen-bond acceptors (Lipinski definition) is 2. The number of halogens is 1. The van der Waals surface area contributed by atoms with Gasteiger partial charge in [-0.25, -0.2) is 4.98 Å². The zero-order valence-corrected chi connectivity index (χ0v) is 13.5. The zero-order chi connectivity index (χ0) is 15.0. The first kappa shape index (κ1) is 14.0. The Balaban J connectivity index is 1.94. The smallest absolute Gasteiger partial charge is 0.170 e. The summed E-state index contributed by atoms with van der Waals surface area (Å²) in [6, 6.07) is 13.6. The largest absolute Gasteiger partial charge is 0.331 e. The van der Waals surface area contributed by atoms with Gasteiger partial charge in [0.1, 0.15) is 5.82 Å². The van der Waals surface area contributed by atoms with Crippen LogP contribution < -0.4 is 0 Å². The molecule has 0 aliphatic rings. The average Bonchev–Trinajstić information content (AvgIpc) is 2.76. The van der Waals surface area contributed by atoms with Crippen molar-refractivity contribution in [1.29, 1.82) is 0 Å². The van der Waals surface area contributed by atoms with Gasteiger partial charge in [-0.3, -0.25) is 4.79 Å². The monoisotopic (exact) mass is 342 g/mol. The Labute approximate surface area is 131 Å². The Hall–Kier alpha value is -1.94. The summed E-state index contributed by atoms with van der Waals surface area (Å²) in [6.07, 6.45) is 0.313. The maximum atomic E-state index is 12.5. The third kappa shape index (κ3) is 2.63. The molecule has 0 spiro atoms. The van der Waals surface area contributed by atoms with Crippen molar-refractivity contribution in [1.82, 2.24) is 9.55 Å². The predicted molar refractivity (Wildman–Crippen MR) is 87.6 cm³/mol. The van der Waals surface area contributed by atoms with Crippen LogP contribution in [-0.4, -0.2) is 15.3 Å². The van der Waals surface area contributed by atoms with E-state index >= 15 is 0 Å². The number of carbonyl (C=O) groups excluding carboxylic acids is 1. The molecule has 0 atom stereocenters. The fraction of sp³-hybridized carbons (Fsp3) is 0.176. The van der Waals surface area contributed by atoms with Crippen molar-refractivity contribution in [2.75, 3.05) is 0 Å². The zero-order valence-electron chi connectivity index (χ0n) is 11.9. The van der Waals surface area contributed by atoms with Crippen LogP contribution in [0.15, 0.2) is 46.9 Å². The molecule has 0 saturated heterocycles. The highest BCUT2D eigenvalue weighted by atomic mass is 79.9. The number of nitrogens with zero attached hydrogens (tertiary/aromatic N) is 2. The molecule has 0 radical (unpaired) electrons. The summed E-state index contributed by atoms with van der Waals surface area (Å²) in [6.45, 7) is 1.95. The van der Waals surface area contributed by atoms with Gasteiger partial charge in [0, 0.05) is 17.1 Å². The predicted octanol–water partition coefficient (Wildman–Crippen LogP) is 4.07. The lowest BCUT2D eigenvalue weighted by Crippen LogP contribution is -2.09. The summed E-state index contributed by atoms with van der Waals surface area (Å²) in [5.41, 5.74) is 3.71. The lowest BCUT2D eigenvalue weighted by atomic mass is 10.0. The minimum absolute atomic E-state index is 0.0957. The molecule has 1 heterocycles. The molecule has 0 bridgehead atoms. The van der Waals surface area contributed by atoms with Gasteiger partial charge in [0.15, 0.2) is 5.78 Å². The van der Waals surface area contributed by atoms with Crippen LogP contribution in [0.1, 0.15) is 21.7 Å². The fourth-order valence-electron chi connectivity index (χ4n) is 2.53. The van der Waals surface area contributed by atoms with E-state index in [2.05, 4.69) is 20.9 Å². The molecule has 3 nitrogen and oxygen atoms in total. The van der Waals surface area contributed by atoms with E-state index in [1.54, 1.807) is 0 Å². The third-order valence-corrected chi connectivity index (χ3v) is 4.18. The number of ketones is 1. The number of Topliss-reactive ketones (excluding diaryl/α,β-unsaturated/α-hetero) is 1. The van der Waals surface area contributed by atoms with Gasteiger partial charge in [-0.15, -0.1) is 0 Å². The van der Waals surface area contributed by atoms with Gasteiger partial charge in [-0.1, -0.05) is 34.1 Å². The molecule has 21 heavy (non-hydrogen) atoms. The Morgan fingerprint density at radius 3 is 2.71 bits per heavy atom. The van der Waals surface area contributed by atoms with Gasteiger partial charge >= 0.3 is 0 Å². The molecule has 0 N–H and O–H groups in total.